The first-order valence-corrected chi connectivity index (χ1v) is 5.17. The van der Waals surface area contributed by atoms with E-state index in [0.717, 1.165) is 5.52 Å². The number of benzene rings is 1. The third-order valence-corrected chi connectivity index (χ3v) is 2.35. The van der Waals surface area contributed by atoms with Crippen molar-refractivity contribution in [1.29, 1.82) is 0 Å². The molecule has 0 fully saturated rings. The van der Waals surface area contributed by atoms with E-state index in [1.165, 1.54) is 11.8 Å². The number of hydrogen-bond donors (Lipinski definition) is 1. The molecule has 1 aromatic heterocycles. The summed E-state index contributed by atoms with van der Waals surface area (Å²) in [7, 11) is 0. The van der Waals surface area contributed by atoms with Gasteiger partial charge in [-0.05, 0) is 24.5 Å². The van der Waals surface area contributed by atoms with E-state index in [1.807, 2.05) is 6.26 Å². The van der Waals surface area contributed by atoms with E-state index < -0.39 is 5.91 Å². The van der Waals surface area contributed by atoms with Crippen LogP contribution in [0.3, 0.4) is 0 Å². The van der Waals surface area contributed by atoms with Crippen LogP contribution in [0, 0.1) is 0 Å². The van der Waals surface area contributed by atoms with Crippen LogP contribution < -0.4 is 5.73 Å². The number of nitrogens with two attached hydrogens (primary N) is 1. The number of oxazole rings is 1. The summed E-state index contributed by atoms with van der Waals surface area (Å²) in [5.74, 6) is -0.464. The number of primary amides is 1. The highest BCUT2D eigenvalue weighted by Gasteiger charge is 2.07. The van der Waals surface area contributed by atoms with Crippen LogP contribution in [0.4, 0.5) is 0 Å². The van der Waals surface area contributed by atoms with Crippen molar-refractivity contribution in [3.05, 3.63) is 23.8 Å². The molecular formula is C9H8N2O2S. The molecular weight excluding hydrogens is 200 g/mol. The standard InChI is InChI=1S/C9H8N2O2S/c1-14-9-11-6-3-2-5(8(10)12)4-7(6)13-9/h2-4H,1H3,(H2,10,12). The van der Waals surface area contributed by atoms with Gasteiger partial charge in [0, 0.05) is 5.56 Å². The molecule has 1 heterocycles. The van der Waals surface area contributed by atoms with E-state index in [4.69, 9.17) is 10.2 Å². The summed E-state index contributed by atoms with van der Waals surface area (Å²) in [5, 5.41) is 0.585. The van der Waals surface area contributed by atoms with Crippen molar-refractivity contribution in [3.63, 3.8) is 0 Å². The maximum absolute atomic E-state index is 10.9. The molecule has 1 amide bonds. The summed E-state index contributed by atoms with van der Waals surface area (Å²) in [4.78, 5) is 15.1. The number of nitrogens with zero attached hydrogens (tertiary/aromatic N) is 1. The fourth-order valence-electron chi connectivity index (χ4n) is 1.14. The van der Waals surface area contributed by atoms with E-state index in [2.05, 4.69) is 4.98 Å². The highest BCUT2D eigenvalue weighted by Crippen LogP contribution is 2.22. The predicted octanol–water partition coefficient (Wildman–Crippen LogP) is 1.65. The number of carbonyl (C=O) groups is 1. The fourth-order valence-corrected chi connectivity index (χ4v) is 1.51. The van der Waals surface area contributed by atoms with Gasteiger partial charge in [0.15, 0.2) is 5.58 Å². The second-order valence-corrected chi connectivity index (χ2v) is 3.49. The minimum absolute atomic E-state index is 0.432. The number of hydrogen-bond acceptors (Lipinski definition) is 4. The van der Waals surface area contributed by atoms with Crippen molar-refractivity contribution in [3.8, 4) is 0 Å². The maximum Gasteiger partial charge on any atom is 0.256 e. The molecule has 4 nitrogen and oxygen atoms in total. The summed E-state index contributed by atoms with van der Waals surface area (Å²) < 4.78 is 5.35. The van der Waals surface area contributed by atoms with Crippen molar-refractivity contribution in [2.24, 2.45) is 5.73 Å². The quantitative estimate of drug-likeness (QED) is 0.762. The van der Waals surface area contributed by atoms with Gasteiger partial charge >= 0.3 is 0 Å². The van der Waals surface area contributed by atoms with Crippen LogP contribution in [-0.4, -0.2) is 17.1 Å². The number of aromatic nitrogens is 1. The Morgan fingerprint density at radius 2 is 2.36 bits per heavy atom. The number of carbonyl (C=O) groups excluding carboxylic acids is 1. The molecule has 0 saturated carbocycles. The smallest absolute Gasteiger partial charge is 0.256 e. The summed E-state index contributed by atoms with van der Waals surface area (Å²) in [5.41, 5.74) is 6.89. The minimum Gasteiger partial charge on any atom is -0.431 e. The van der Waals surface area contributed by atoms with Crippen molar-refractivity contribution < 1.29 is 9.21 Å². The molecule has 0 aliphatic carbocycles. The van der Waals surface area contributed by atoms with Crippen LogP contribution in [0.1, 0.15) is 10.4 Å². The zero-order valence-corrected chi connectivity index (χ0v) is 8.30. The Bertz CT molecular complexity index is 493. The molecule has 72 valence electrons. The second-order valence-electron chi connectivity index (χ2n) is 2.73. The molecule has 0 saturated heterocycles. The topological polar surface area (TPSA) is 69.1 Å². The highest BCUT2D eigenvalue weighted by atomic mass is 32.2. The number of thioether (sulfide) groups is 1. The zero-order chi connectivity index (χ0) is 10.1. The van der Waals surface area contributed by atoms with E-state index in [1.54, 1.807) is 18.2 Å². The Morgan fingerprint density at radius 1 is 1.57 bits per heavy atom. The summed E-state index contributed by atoms with van der Waals surface area (Å²) >= 11 is 1.41. The largest absolute Gasteiger partial charge is 0.431 e. The fraction of sp³-hybridized carbons (Fsp3) is 0.111. The van der Waals surface area contributed by atoms with Gasteiger partial charge in [0.25, 0.3) is 5.22 Å². The van der Waals surface area contributed by atoms with Gasteiger partial charge in [0.2, 0.25) is 5.91 Å². The highest BCUT2D eigenvalue weighted by molar-refractivity contribution is 7.98. The van der Waals surface area contributed by atoms with Gasteiger partial charge in [-0.15, -0.1) is 0 Å². The third kappa shape index (κ3) is 1.46. The molecule has 0 atom stereocenters. The molecule has 0 radical (unpaired) electrons. The first-order chi connectivity index (χ1) is 6.70. The molecule has 0 spiro atoms. The first kappa shape index (κ1) is 9.08. The Hall–Kier alpha value is -1.49. The van der Waals surface area contributed by atoms with Crippen LogP contribution in [0.15, 0.2) is 27.8 Å². The zero-order valence-electron chi connectivity index (χ0n) is 7.48. The van der Waals surface area contributed by atoms with E-state index in [9.17, 15) is 4.79 Å². The molecule has 2 aromatic rings. The van der Waals surface area contributed by atoms with Crippen LogP contribution in [0.2, 0.25) is 0 Å². The van der Waals surface area contributed by atoms with Gasteiger partial charge in [-0.2, -0.15) is 0 Å². The third-order valence-electron chi connectivity index (χ3n) is 1.83. The lowest BCUT2D eigenvalue weighted by Crippen LogP contribution is -2.10. The van der Waals surface area contributed by atoms with Crippen LogP contribution in [-0.2, 0) is 0 Å². The van der Waals surface area contributed by atoms with Gasteiger partial charge in [-0.25, -0.2) is 4.98 Å². The molecule has 0 unspecified atom stereocenters. The Morgan fingerprint density at radius 3 is 3.00 bits per heavy atom. The van der Waals surface area contributed by atoms with Gasteiger partial charge in [-0.1, -0.05) is 11.8 Å². The Balaban J connectivity index is 2.59. The monoisotopic (exact) mass is 208 g/mol. The summed E-state index contributed by atoms with van der Waals surface area (Å²) in [6, 6.07) is 4.96. The summed E-state index contributed by atoms with van der Waals surface area (Å²) in [6.45, 7) is 0. The normalized spacial score (nSPS) is 10.6. The van der Waals surface area contributed by atoms with Crippen molar-refractivity contribution in [2.45, 2.75) is 5.22 Å². The van der Waals surface area contributed by atoms with E-state index >= 15 is 0 Å². The Kier molecular flexibility index (Phi) is 2.17. The minimum atomic E-state index is -0.464. The second kappa shape index (κ2) is 3.34. The van der Waals surface area contributed by atoms with Gasteiger partial charge in [0.1, 0.15) is 5.52 Å². The van der Waals surface area contributed by atoms with Gasteiger partial charge in [0.05, 0.1) is 0 Å². The molecule has 5 heteroatoms. The van der Waals surface area contributed by atoms with Gasteiger partial charge in [-0.3, -0.25) is 4.79 Å². The molecule has 2 N–H and O–H groups in total. The summed E-state index contributed by atoms with van der Waals surface area (Å²) in [6.07, 6.45) is 1.87. The lowest BCUT2D eigenvalue weighted by Gasteiger charge is -1.92. The van der Waals surface area contributed by atoms with Gasteiger partial charge < -0.3 is 10.2 Å². The molecule has 14 heavy (non-hydrogen) atoms. The molecule has 0 aliphatic rings. The lowest BCUT2D eigenvalue weighted by molar-refractivity contribution is 0.100. The first-order valence-electron chi connectivity index (χ1n) is 3.95. The maximum atomic E-state index is 10.9. The average molecular weight is 208 g/mol. The van der Waals surface area contributed by atoms with E-state index in [-0.39, 0.29) is 0 Å². The number of fused-ring (bicyclic) bond motifs is 1. The number of amides is 1. The Labute approximate surface area is 84.5 Å². The van der Waals surface area contributed by atoms with E-state index in [0.29, 0.717) is 16.4 Å². The molecule has 2 rings (SSSR count). The van der Waals surface area contributed by atoms with Crippen molar-refractivity contribution in [2.75, 3.05) is 6.26 Å². The predicted molar refractivity (Wildman–Crippen MR) is 54.3 cm³/mol. The van der Waals surface area contributed by atoms with Crippen LogP contribution in [0.25, 0.3) is 11.1 Å². The lowest BCUT2D eigenvalue weighted by atomic mass is 10.2. The molecule has 0 bridgehead atoms. The average Bonchev–Trinajstić information content (AvgIpc) is 2.58. The number of rotatable bonds is 2. The molecule has 0 aliphatic heterocycles. The SMILES string of the molecule is CSc1nc2ccc(C(N)=O)cc2o1. The van der Waals surface area contributed by atoms with Crippen LogP contribution in [0.5, 0.6) is 0 Å². The van der Waals surface area contributed by atoms with Crippen molar-refractivity contribution >= 4 is 28.8 Å². The van der Waals surface area contributed by atoms with Crippen LogP contribution >= 0.6 is 11.8 Å². The van der Waals surface area contributed by atoms with Crippen molar-refractivity contribution in [1.82, 2.24) is 4.98 Å². The molecule has 1 aromatic carbocycles.